The Hall–Kier alpha value is -1.23. The second-order valence-corrected chi connectivity index (χ2v) is 5.04. The number of fused-ring (bicyclic) bond motifs is 1. The number of aryl methyl sites for hydroxylation is 1. The number of alkyl halides is 3. The third-order valence-electron chi connectivity index (χ3n) is 3.62. The molecule has 1 N–H and O–H groups in total. The predicted molar refractivity (Wildman–Crippen MR) is 70.5 cm³/mol. The molecule has 1 aliphatic heterocycles. The van der Waals surface area contributed by atoms with Gasteiger partial charge in [-0.05, 0) is 44.0 Å². The summed E-state index contributed by atoms with van der Waals surface area (Å²) in [7, 11) is 1.88. The highest BCUT2D eigenvalue weighted by molar-refractivity contribution is 5.57. The van der Waals surface area contributed by atoms with E-state index in [0.717, 1.165) is 29.7 Å². The van der Waals surface area contributed by atoms with Crippen molar-refractivity contribution in [1.82, 2.24) is 5.32 Å². The van der Waals surface area contributed by atoms with Crippen LogP contribution in [0.5, 0.6) is 0 Å². The standard InChI is InChI=1S/C14H19F3N2/c1-10(18-2)11-5-6-13-12(8-11)4-3-7-19(13)9-14(15,16)17/h5-6,8,10,18H,3-4,7,9H2,1-2H3. The zero-order chi connectivity index (χ0) is 14.0. The normalized spacial score (nSPS) is 17.2. The number of hydrogen-bond acceptors (Lipinski definition) is 2. The van der Waals surface area contributed by atoms with Crippen LogP contribution in [0.3, 0.4) is 0 Å². The molecule has 1 aromatic carbocycles. The molecule has 0 amide bonds. The molecular formula is C14H19F3N2. The number of nitrogens with zero attached hydrogens (tertiary/aromatic N) is 1. The number of anilines is 1. The maximum absolute atomic E-state index is 12.5. The summed E-state index contributed by atoms with van der Waals surface area (Å²) in [5.41, 5.74) is 2.88. The first-order chi connectivity index (χ1) is 8.90. The molecule has 2 nitrogen and oxygen atoms in total. The zero-order valence-electron chi connectivity index (χ0n) is 11.2. The van der Waals surface area contributed by atoms with Crippen molar-refractivity contribution in [3.8, 4) is 0 Å². The lowest BCUT2D eigenvalue weighted by molar-refractivity contribution is -0.119. The quantitative estimate of drug-likeness (QED) is 0.908. The number of halogens is 3. The number of benzene rings is 1. The van der Waals surface area contributed by atoms with Gasteiger partial charge in [0.05, 0.1) is 0 Å². The summed E-state index contributed by atoms with van der Waals surface area (Å²) >= 11 is 0. The molecule has 0 spiro atoms. The highest BCUT2D eigenvalue weighted by Gasteiger charge is 2.32. The third-order valence-corrected chi connectivity index (χ3v) is 3.62. The van der Waals surface area contributed by atoms with E-state index in [-0.39, 0.29) is 6.04 Å². The molecule has 1 aromatic rings. The molecule has 0 saturated heterocycles. The topological polar surface area (TPSA) is 15.3 Å². The minimum absolute atomic E-state index is 0.211. The van der Waals surface area contributed by atoms with Crippen LogP contribution in [-0.4, -0.2) is 26.3 Å². The maximum Gasteiger partial charge on any atom is 0.405 e. The van der Waals surface area contributed by atoms with Crippen molar-refractivity contribution in [2.75, 3.05) is 25.0 Å². The van der Waals surface area contributed by atoms with Crippen LogP contribution in [0.25, 0.3) is 0 Å². The van der Waals surface area contributed by atoms with Crippen LogP contribution < -0.4 is 10.2 Å². The van der Waals surface area contributed by atoms with E-state index in [1.807, 2.05) is 32.2 Å². The van der Waals surface area contributed by atoms with E-state index in [0.29, 0.717) is 6.54 Å². The second kappa shape index (κ2) is 5.41. The van der Waals surface area contributed by atoms with Crippen molar-refractivity contribution >= 4 is 5.69 Å². The fourth-order valence-corrected chi connectivity index (χ4v) is 2.51. The average molecular weight is 272 g/mol. The van der Waals surface area contributed by atoms with Gasteiger partial charge in [-0.15, -0.1) is 0 Å². The van der Waals surface area contributed by atoms with E-state index in [2.05, 4.69) is 5.32 Å². The smallest absolute Gasteiger partial charge is 0.362 e. The summed E-state index contributed by atoms with van der Waals surface area (Å²) in [6.45, 7) is 1.66. The van der Waals surface area contributed by atoms with Crippen LogP contribution in [-0.2, 0) is 6.42 Å². The molecule has 1 aliphatic rings. The van der Waals surface area contributed by atoms with Crippen molar-refractivity contribution in [2.24, 2.45) is 0 Å². The Morgan fingerprint density at radius 1 is 1.37 bits per heavy atom. The molecule has 1 unspecified atom stereocenters. The van der Waals surface area contributed by atoms with Gasteiger partial charge in [0.25, 0.3) is 0 Å². The Bertz CT molecular complexity index is 443. The Labute approximate surface area is 111 Å². The van der Waals surface area contributed by atoms with E-state index >= 15 is 0 Å². The van der Waals surface area contributed by atoms with Gasteiger partial charge >= 0.3 is 6.18 Å². The molecule has 0 fully saturated rings. The summed E-state index contributed by atoms with van der Waals surface area (Å²) in [6, 6.07) is 5.97. The monoisotopic (exact) mass is 272 g/mol. The third kappa shape index (κ3) is 3.41. The van der Waals surface area contributed by atoms with Crippen molar-refractivity contribution in [1.29, 1.82) is 0 Å². The van der Waals surface area contributed by atoms with Crippen LogP contribution in [0, 0.1) is 0 Å². The minimum atomic E-state index is -4.15. The van der Waals surface area contributed by atoms with Crippen molar-refractivity contribution in [3.63, 3.8) is 0 Å². The lowest BCUT2D eigenvalue weighted by Gasteiger charge is -2.32. The summed E-state index contributed by atoms with van der Waals surface area (Å²) < 4.78 is 37.6. The highest BCUT2D eigenvalue weighted by atomic mass is 19.4. The van der Waals surface area contributed by atoms with Gasteiger partial charge in [0, 0.05) is 18.3 Å². The fraction of sp³-hybridized carbons (Fsp3) is 0.571. The molecule has 0 bridgehead atoms. The van der Waals surface area contributed by atoms with Gasteiger partial charge in [0.1, 0.15) is 6.54 Å². The number of rotatable bonds is 3. The molecule has 19 heavy (non-hydrogen) atoms. The Morgan fingerprint density at radius 3 is 2.74 bits per heavy atom. The van der Waals surface area contributed by atoms with Gasteiger partial charge in [-0.2, -0.15) is 13.2 Å². The van der Waals surface area contributed by atoms with Crippen molar-refractivity contribution < 1.29 is 13.2 Å². The Morgan fingerprint density at radius 2 is 2.11 bits per heavy atom. The molecule has 0 aliphatic carbocycles. The zero-order valence-corrected chi connectivity index (χ0v) is 11.2. The van der Waals surface area contributed by atoms with Crippen LogP contribution >= 0.6 is 0 Å². The molecule has 2 rings (SSSR count). The lowest BCUT2D eigenvalue weighted by Crippen LogP contribution is -2.37. The van der Waals surface area contributed by atoms with E-state index in [4.69, 9.17) is 0 Å². The van der Waals surface area contributed by atoms with Gasteiger partial charge < -0.3 is 10.2 Å². The molecule has 0 saturated carbocycles. The summed E-state index contributed by atoms with van der Waals surface area (Å²) in [6.07, 6.45) is -2.51. The van der Waals surface area contributed by atoms with Crippen molar-refractivity contribution in [3.05, 3.63) is 29.3 Å². The van der Waals surface area contributed by atoms with E-state index < -0.39 is 12.7 Å². The Kier molecular flexibility index (Phi) is 4.04. The van der Waals surface area contributed by atoms with E-state index in [1.165, 1.54) is 4.90 Å². The highest BCUT2D eigenvalue weighted by Crippen LogP contribution is 2.31. The van der Waals surface area contributed by atoms with Crippen LogP contribution in [0.15, 0.2) is 18.2 Å². The first-order valence-corrected chi connectivity index (χ1v) is 6.52. The van der Waals surface area contributed by atoms with E-state index in [1.54, 1.807) is 0 Å². The van der Waals surface area contributed by atoms with Crippen molar-refractivity contribution in [2.45, 2.75) is 32.0 Å². The van der Waals surface area contributed by atoms with E-state index in [9.17, 15) is 13.2 Å². The van der Waals surface area contributed by atoms with Crippen LogP contribution in [0.2, 0.25) is 0 Å². The minimum Gasteiger partial charge on any atom is -0.362 e. The number of hydrogen-bond donors (Lipinski definition) is 1. The maximum atomic E-state index is 12.5. The summed E-state index contributed by atoms with van der Waals surface area (Å²) in [5, 5.41) is 3.14. The largest absolute Gasteiger partial charge is 0.405 e. The Balaban J connectivity index is 2.25. The van der Waals surface area contributed by atoms with Gasteiger partial charge in [-0.1, -0.05) is 12.1 Å². The molecule has 1 heterocycles. The molecule has 0 aromatic heterocycles. The van der Waals surface area contributed by atoms with Gasteiger partial charge in [0.2, 0.25) is 0 Å². The molecule has 106 valence electrons. The predicted octanol–water partition coefficient (Wildman–Crippen LogP) is 3.28. The lowest BCUT2D eigenvalue weighted by atomic mass is 9.97. The molecule has 0 radical (unpaired) electrons. The second-order valence-electron chi connectivity index (χ2n) is 5.04. The number of nitrogens with one attached hydrogen (secondary N) is 1. The fourth-order valence-electron chi connectivity index (χ4n) is 2.51. The van der Waals surface area contributed by atoms with Crippen LogP contribution in [0.4, 0.5) is 18.9 Å². The summed E-state index contributed by atoms with van der Waals surface area (Å²) in [5.74, 6) is 0. The van der Waals surface area contributed by atoms with Gasteiger partial charge in [0.15, 0.2) is 0 Å². The van der Waals surface area contributed by atoms with Gasteiger partial charge in [-0.3, -0.25) is 0 Å². The first kappa shape index (κ1) is 14.2. The summed E-state index contributed by atoms with van der Waals surface area (Å²) in [4.78, 5) is 1.44. The van der Waals surface area contributed by atoms with Crippen LogP contribution in [0.1, 0.15) is 30.5 Å². The molecular weight excluding hydrogens is 253 g/mol. The SMILES string of the molecule is CNC(C)c1ccc2c(c1)CCCN2CC(F)(F)F. The molecule has 5 heteroatoms. The van der Waals surface area contributed by atoms with Gasteiger partial charge in [-0.25, -0.2) is 0 Å². The first-order valence-electron chi connectivity index (χ1n) is 6.52. The molecule has 1 atom stereocenters. The average Bonchev–Trinajstić information content (AvgIpc) is 2.35.